The normalized spacial score (nSPS) is 12.9. The van der Waals surface area contributed by atoms with Crippen molar-refractivity contribution in [2.24, 2.45) is 0 Å². The van der Waals surface area contributed by atoms with Gasteiger partial charge in [-0.3, -0.25) is 9.59 Å². The van der Waals surface area contributed by atoms with E-state index < -0.39 is 12.1 Å². The van der Waals surface area contributed by atoms with Gasteiger partial charge in [-0.15, -0.1) is 0 Å². The Bertz CT molecular complexity index is 1230. The Balaban J connectivity index is 3.38. The van der Waals surface area contributed by atoms with Gasteiger partial charge in [0.15, 0.2) is 0 Å². The highest BCUT2D eigenvalue weighted by Crippen LogP contribution is 2.17. The Morgan fingerprint density at radius 1 is 0.384 bits per heavy atom. The number of unbranched alkanes of at least 4 members (excludes halogenated alkanes) is 41. The Morgan fingerprint density at radius 2 is 0.685 bits per heavy atom. The summed E-state index contributed by atoms with van der Waals surface area (Å²) < 4.78 is 5.49. The van der Waals surface area contributed by atoms with Crippen LogP contribution in [0.4, 0.5) is 0 Å². The van der Waals surface area contributed by atoms with Crippen LogP contribution in [0, 0.1) is 0 Å². The molecule has 428 valence electrons. The third-order valence-corrected chi connectivity index (χ3v) is 14.9. The molecular weight excluding hydrogens is 899 g/mol. The standard InChI is InChI=1S/C67H125NO5/c1-3-5-7-9-11-13-15-16-17-31-35-38-41-45-49-53-57-61-67(72)73-62-58-54-50-46-42-39-36-33-30-28-26-24-22-20-18-19-21-23-25-27-29-32-34-37-40-44-48-52-56-60-66(71)68-64(63-69)65(70)59-55-51-47-43-14-12-10-8-6-4-2/h11,13,16-18,20,24,26,64-65,69-70H,3-10,12,14-15,19,21-23,25,27-63H2,1-2H3,(H,68,71)/b13-11-,17-16-,20-18-,26-24-. The molecule has 2 atom stereocenters. The Labute approximate surface area is 455 Å². The lowest BCUT2D eigenvalue weighted by Gasteiger charge is -2.22. The van der Waals surface area contributed by atoms with Gasteiger partial charge in [0.05, 0.1) is 25.4 Å². The minimum Gasteiger partial charge on any atom is -0.466 e. The van der Waals surface area contributed by atoms with Crippen LogP contribution in [0.1, 0.15) is 341 Å². The van der Waals surface area contributed by atoms with E-state index in [4.69, 9.17) is 4.74 Å². The van der Waals surface area contributed by atoms with Gasteiger partial charge in [0.25, 0.3) is 0 Å². The molecular formula is C67H125NO5. The number of ether oxygens (including phenoxy) is 1. The molecule has 0 saturated carbocycles. The predicted molar refractivity (Wildman–Crippen MR) is 319 cm³/mol. The molecule has 0 aliphatic heterocycles. The second-order valence-corrected chi connectivity index (χ2v) is 22.1. The molecule has 6 heteroatoms. The van der Waals surface area contributed by atoms with Crippen molar-refractivity contribution >= 4 is 11.9 Å². The molecule has 0 aliphatic carbocycles. The summed E-state index contributed by atoms with van der Waals surface area (Å²) >= 11 is 0. The van der Waals surface area contributed by atoms with Crippen LogP contribution < -0.4 is 5.32 Å². The van der Waals surface area contributed by atoms with E-state index in [2.05, 4.69) is 67.8 Å². The zero-order chi connectivity index (χ0) is 52.9. The molecule has 0 heterocycles. The van der Waals surface area contributed by atoms with Crippen molar-refractivity contribution < 1.29 is 24.5 Å². The van der Waals surface area contributed by atoms with Crippen molar-refractivity contribution in [2.75, 3.05) is 13.2 Å². The van der Waals surface area contributed by atoms with E-state index in [1.807, 2.05) is 0 Å². The first-order valence-corrected chi connectivity index (χ1v) is 32.4. The molecule has 0 fully saturated rings. The molecule has 0 bridgehead atoms. The van der Waals surface area contributed by atoms with Gasteiger partial charge in [0, 0.05) is 12.8 Å². The second kappa shape index (κ2) is 62.4. The zero-order valence-corrected chi connectivity index (χ0v) is 48.9. The van der Waals surface area contributed by atoms with E-state index in [0.717, 1.165) is 57.8 Å². The van der Waals surface area contributed by atoms with Crippen molar-refractivity contribution in [3.8, 4) is 0 Å². The fraction of sp³-hybridized carbons (Fsp3) is 0.851. The largest absolute Gasteiger partial charge is 0.466 e. The van der Waals surface area contributed by atoms with Gasteiger partial charge in [0.1, 0.15) is 0 Å². The lowest BCUT2D eigenvalue weighted by atomic mass is 10.0. The van der Waals surface area contributed by atoms with E-state index in [9.17, 15) is 19.8 Å². The van der Waals surface area contributed by atoms with Crippen LogP contribution in [-0.2, 0) is 14.3 Å². The van der Waals surface area contributed by atoms with Crippen molar-refractivity contribution in [1.82, 2.24) is 5.32 Å². The number of carbonyl (C=O) groups excluding carboxylic acids is 2. The average Bonchev–Trinajstić information content (AvgIpc) is 3.39. The smallest absolute Gasteiger partial charge is 0.305 e. The summed E-state index contributed by atoms with van der Waals surface area (Å²) in [5.74, 6) is -0.0333. The topological polar surface area (TPSA) is 95.9 Å². The van der Waals surface area contributed by atoms with Gasteiger partial charge >= 0.3 is 5.97 Å². The van der Waals surface area contributed by atoms with Gasteiger partial charge in [-0.05, 0) is 89.9 Å². The number of esters is 1. The summed E-state index contributed by atoms with van der Waals surface area (Å²) in [6.07, 6.45) is 80.0. The molecule has 2 unspecified atom stereocenters. The number of allylic oxidation sites excluding steroid dienone is 8. The van der Waals surface area contributed by atoms with Crippen LogP contribution in [0.2, 0.25) is 0 Å². The molecule has 0 rings (SSSR count). The molecule has 6 nitrogen and oxygen atoms in total. The quantitative estimate of drug-likeness (QED) is 0.0320. The number of carbonyl (C=O) groups is 2. The van der Waals surface area contributed by atoms with Crippen LogP contribution in [0.3, 0.4) is 0 Å². The Morgan fingerprint density at radius 3 is 1.07 bits per heavy atom. The summed E-state index contributed by atoms with van der Waals surface area (Å²) in [5, 5.41) is 23.2. The number of hydrogen-bond acceptors (Lipinski definition) is 5. The van der Waals surface area contributed by atoms with Crippen molar-refractivity contribution in [2.45, 2.75) is 353 Å². The highest BCUT2D eigenvalue weighted by molar-refractivity contribution is 5.76. The molecule has 0 aromatic heterocycles. The first kappa shape index (κ1) is 70.8. The van der Waals surface area contributed by atoms with Crippen LogP contribution in [0.25, 0.3) is 0 Å². The van der Waals surface area contributed by atoms with E-state index in [0.29, 0.717) is 25.9 Å². The number of hydrogen-bond donors (Lipinski definition) is 3. The first-order chi connectivity index (χ1) is 36.0. The van der Waals surface area contributed by atoms with Crippen LogP contribution in [-0.4, -0.2) is 47.4 Å². The molecule has 0 radical (unpaired) electrons. The maximum absolute atomic E-state index is 12.4. The number of aliphatic hydroxyl groups is 2. The Hall–Kier alpha value is -2.18. The lowest BCUT2D eigenvalue weighted by Crippen LogP contribution is -2.45. The average molecular weight is 1020 g/mol. The van der Waals surface area contributed by atoms with E-state index in [1.165, 1.54) is 250 Å². The number of nitrogens with one attached hydrogen (secondary N) is 1. The van der Waals surface area contributed by atoms with Crippen molar-refractivity contribution in [1.29, 1.82) is 0 Å². The van der Waals surface area contributed by atoms with Crippen molar-refractivity contribution in [3.05, 3.63) is 48.6 Å². The fourth-order valence-electron chi connectivity index (χ4n) is 9.88. The summed E-state index contributed by atoms with van der Waals surface area (Å²) in [6, 6.07) is -0.541. The summed E-state index contributed by atoms with van der Waals surface area (Å²) in [7, 11) is 0. The van der Waals surface area contributed by atoms with Gasteiger partial charge in [-0.2, -0.15) is 0 Å². The highest BCUT2D eigenvalue weighted by Gasteiger charge is 2.20. The van der Waals surface area contributed by atoms with Gasteiger partial charge in [-0.25, -0.2) is 0 Å². The highest BCUT2D eigenvalue weighted by atomic mass is 16.5. The number of amides is 1. The van der Waals surface area contributed by atoms with E-state index >= 15 is 0 Å². The molecule has 0 spiro atoms. The molecule has 0 aromatic rings. The molecule has 0 aliphatic rings. The zero-order valence-electron chi connectivity index (χ0n) is 48.9. The fourth-order valence-corrected chi connectivity index (χ4v) is 9.88. The minimum atomic E-state index is -0.663. The number of aliphatic hydroxyl groups excluding tert-OH is 2. The van der Waals surface area contributed by atoms with Crippen LogP contribution in [0.5, 0.6) is 0 Å². The molecule has 1 amide bonds. The van der Waals surface area contributed by atoms with Crippen molar-refractivity contribution in [3.63, 3.8) is 0 Å². The monoisotopic (exact) mass is 1020 g/mol. The van der Waals surface area contributed by atoms with E-state index in [1.54, 1.807) is 0 Å². The maximum Gasteiger partial charge on any atom is 0.305 e. The van der Waals surface area contributed by atoms with E-state index in [-0.39, 0.29) is 18.5 Å². The Kier molecular flexibility index (Phi) is 60.5. The molecule has 73 heavy (non-hydrogen) atoms. The summed E-state index contributed by atoms with van der Waals surface area (Å²) in [6.45, 7) is 4.92. The molecule has 0 aromatic carbocycles. The second-order valence-electron chi connectivity index (χ2n) is 22.1. The minimum absolute atomic E-state index is 0.00399. The number of rotatable bonds is 60. The molecule has 0 saturated heterocycles. The maximum atomic E-state index is 12.4. The van der Waals surface area contributed by atoms with Crippen LogP contribution in [0.15, 0.2) is 48.6 Å². The molecule has 3 N–H and O–H groups in total. The lowest BCUT2D eigenvalue weighted by molar-refractivity contribution is -0.143. The third-order valence-electron chi connectivity index (χ3n) is 14.9. The predicted octanol–water partition coefficient (Wildman–Crippen LogP) is 20.5. The van der Waals surface area contributed by atoms with Gasteiger partial charge in [0.2, 0.25) is 5.91 Å². The summed E-state index contributed by atoms with van der Waals surface area (Å²) in [5.41, 5.74) is 0. The SMILES string of the molecule is CCCCC/C=C\C/C=C\CCCCCCCCCC(=O)OCCCCCCCCCCC/C=C\C/C=C\CCCCCCCCCCCCCCCC(=O)NC(CO)C(O)CCCCCCCCCCCC. The summed E-state index contributed by atoms with van der Waals surface area (Å²) in [4.78, 5) is 24.5. The van der Waals surface area contributed by atoms with Gasteiger partial charge < -0.3 is 20.3 Å². The third kappa shape index (κ3) is 58.9. The first-order valence-electron chi connectivity index (χ1n) is 32.4. The van der Waals surface area contributed by atoms with Crippen LogP contribution >= 0.6 is 0 Å². The van der Waals surface area contributed by atoms with Gasteiger partial charge in [-0.1, -0.05) is 287 Å².